The maximum atomic E-state index is 12.6. The maximum absolute atomic E-state index is 12.6. The van der Waals surface area contributed by atoms with Crippen LogP contribution in [0.2, 0.25) is 5.02 Å². The molecule has 3 aromatic rings. The maximum Gasteiger partial charge on any atom is 0.416 e. The molecule has 0 aliphatic carbocycles. The first-order valence-electron chi connectivity index (χ1n) is 8.02. The van der Waals surface area contributed by atoms with E-state index in [-0.39, 0.29) is 11.4 Å². The van der Waals surface area contributed by atoms with Gasteiger partial charge < -0.3 is 4.74 Å². The van der Waals surface area contributed by atoms with Gasteiger partial charge in [0, 0.05) is 11.1 Å². The highest BCUT2D eigenvalue weighted by Gasteiger charge is 2.30. The third-order valence-electron chi connectivity index (χ3n) is 3.81. The molecular weight excluding hydrogens is 381 g/mol. The van der Waals surface area contributed by atoms with Crippen LogP contribution in [0.1, 0.15) is 28.5 Å². The summed E-state index contributed by atoms with van der Waals surface area (Å²) >= 11 is 5.89. The van der Waals surface area contributed by atoms with Gasteiger partial charge >= 0.3 is 12.1 Å². The first-order chi connectivity index (χ1) is 12.8. The first kappa shape index (κ1) is 19.0. The molecule has 1 heterocycles. The Bertz CT molecular complexity index is 949. The van der Waals surface area contributed by atoms with Crippen LogP contribution in [0.3, 0.4) is 0 Å². The summed E-state index contributed by atoms with van der Waals surface area (Å²) in [6, 6.07) is 12.2. The third-order valence-corrected chi connectivity index (χ3v) is 4.06. The number of hydrogen-bond donors (Lipinski definition) is 0. The van der Waals surface area contributed by atoms with Gasteiger partial charge in [0.25, 0.3) is 0 Å². The number of esters is 1. The smallest absolute Gasteiger partial charge is 0.404 e. The summed E-state index contributed by atoms with van der Waals surface area (Å²) in [6.45, 7) is 1.90. The Labute approximate surface area is 158 Å². The predicted molar refractivity (Wildman–Crippen MR) is 94.4 cm³/mol. The highest BCUT2D eigenvalue weighted by atomic mass is 35.5. The molecule has 0 radical (unpaired) electrons. The minimum Gasteiger partial charge on any atom is -0.404 e. The second-order valence-electron chi connectivity index (χ2n) is 5.68. The molecule has 0 saturated heterocycles. The van der Waals surface area contributed by atoms with Crippen molar-refractivity contribution in [1.29, 1.82) is 0 Å². The van der Waals surface area contributed by atoms with Crippen molar-refractivity contribution < 1.29 is 22.7 Å². The van der Waals surface area contributed by atoms with Crippen LogP contribution in [0.25, 0.3) is 5.69 Å². The van der Waals surface area contributed by atoms with Gasteiger partial charge in [0.05, 0.1) is 22.5 Å². The molecule has 0 saturated carbocycles. The van der Waals surface area contributed by atoms with E-state index in [0.29, 0.717) is 22.8 Å². The quantitative estimate of drug-likeness (QED) is 0.562. The highest BCUT2D eigenvalue weighted by molar-refractivity contribution is 6.30. The fourth-order valence-electron chi connectivity index (χ4n) is 2.37. The number of alkyl halides is 3. The summed E-state index contributed by atoms with van der Waals surface area (Å²) in [5.41, 5.74) is 0.498. The second kappa shape index (κ2) is 7.44. The van der Waals surface area contributed by atoms with Crippen LogP contribution in [0.15, 0.2) is 54.6 Å². The summed E-state index contributed by atoms with van der Waals surface area (Å²) in [6.07, 6.45) is -3.85. The first-order valence-corrected chi connectivity index (χ1v) is 8.40. The van der Waals surface area contributed by atoms with Crippen LogP contribution in [0.5, 0.6) is 5.88 Å². The fourth-order valence-corrected chi connectivity index (χ4v) is 2.50. The van der Waals surface area contributed by atoms with Crippen molar-refractivity contribution in [1.82, 2.24) is 9.78 Å². The molecule has 2 aromatic carbocycles. The molecule has 27 heavy (non-hydrogen) atoms. The Hall–Kier alpha value is -2.80. The minimum absolute atomic E-state index is 0.00454. The van der Waals surface area contributed by atoms with Gasteiger partial charge in [0.2, 0.25) is 5.88 Å². The van der Waals surface area contributed by atoms with E-state index in [0.717, 1.165) is 24.3 Å². The molecule has 140 valence electrons. The van der Waals surface area contributed by atoms with Gasteiger partial charge in [-0.25, -0.2) is 9.48 Å². The number of carbonyl (C=O) groups excluding carboxylic acids is 1. The number of carbonyl (C=O) groups is 1. The molecule has 0 bridgehead atoms. The normalized spacial score (nSPS) is 11.4. The van der Waals surface area contributed by atoms with Crippen LogP contribution < -0.4 is 4.74 Å². The molecule has 0 unspecified atom stereocenters. The van der Waals surface area contributed by atoms with Crippen LogP contribution >= 0.6 is 11.6 Å². The minimum atomic E-state index is -4.47. The van der Waals surface area contributed by atoms with Crippen LogP contribution in [0.4, 0.5) is 13.2 Å². The highest BCUT2D eigenvalue weighted by Crippen LogP contribution is 2.29. The summed E-state index contributed by atoms with van der Waals surface area (Å²) in [5, 5.41) is 4.92. The standard InChI is InChI=1S/C19H14ClF3N2O2/c1-2-15-11-17(25(24-15)16-9-7-14(20)8-10-16)27-18(26)12-3-5-13(6-4-12)19(21,22)23/h3-11H,2H2,1H3. The largest absolute Gasteiger partial charge is 0.416 e. The van der Waals surface area contributed by atoms with Gasteiger partial charge in [0.1, 0.15) is 0 Å². The second-order valence-corrected chi connectivity index (χ2v) is 6.12. The van der Waals surface area contributed by atoms with E-state index < -0.39 is 17.7 Å². The number of benzene rings is 2. The Morgan fingerprint density at radius 1 is 1.11 bits per heavy atom. The lowest BCUT2D eigenvalue weighted by molar-refractivity contribution is -0.137. The van der Waals surface area contributed by atoms with Crippen molar-refractivity contribution >= 4 is 17.6 Å². The van der Waals surface area contributed by atoms with E-state index >= 15 is 0 Å². The van der Waals surface area contributed by atoms with Gasteiger partial charge in [-0.2, -0.15) is 18.3 Å². The van der Waals surface area contributed by atoms with Crippen LogP contribution in [-0.2, 0) is 12.6 Å². The summed E-state index contributed by atoms with van der Waals surface area (Å²) in [4.78, 5) is 12.3. The zero-order chi connectivity index (χ0) is 19.6. The van der Waals surface area contributed by atoms with Crippen LogP contribution in [0, 0.1) is 0 Å². The molecule has 8 heteroatoms. The number of halogens is 4. The molecule has 0 spiro atoms. The van der Waals surface area contributed by atoms with Crippen molar-refractivity contribution in [3.8, 4) is 11.6 Å². The number of aromatic nitrogens is 2. The SMILES string of the molecule is CCc1cc(OC(=O)c2ccc(C(F)(F)F)cc2)n(-c2ccc(Cl)cc2)n1. The molecule has 0 fully saturated rings. The van der Waals surface area contributed by atoms with Crippen molar-refractivity contribution in [2.75, 3.05) is 0 Å². The Kier molecular flexibility index (Phi) is 5.23. The van der Waals surface area contributed by atoms with Gasteiger partial charge in [0.15, 0.2) is 0 Å². The van der Waals surface area contributed by atoms with Crippen molar-refractivity contribution in [2.24, 2.45) is 0 Å². The molecule has 0 atom stereocenters. The van der Waals surface area contributed by atoms with E-state index in [4.69, 9.17) is 16.3 Å². The van der Waals surface area contributed by atoms with Crippen molar-refractivity contribution in [3.63, 3.8) is 0 Å². The Morgan fingerprint density at radius 2 is 1.74 bits per heavy atom. The van der Waals surface area contributed by atoms with E-state index in [2.05, 4.69) is 5.10 Å². The number of aryl methyl sites for hydroxylation is 1. The fraction of sp³-hybridized carbons (Fsp3) is 0.158. The van der Waals surface area contributed by atoms with Gasteiger partial charge in [-0.15, -0.1) is 0 Å². The van der Waals surface area contributed by atoms with E-state index in [9.17, 15) is 18.0 Å². The van der Waals surface area contributed by atoms with Crippen molar-refractivity contribution in [2.45, 2.75) is 19.5 Å². The summed E-state index contributed by atoms with van der Waals surface area (Å²) in [7, 11) is 0. The lowest BCUT2D eigenvalue weighted by atomic mass is 10.1. The van der Waals surface area contributed by atoms with E-state index in [1.807, 2.05) is 6.92 Å². The Balaban J connectivity index is 1.87. The lowest BCUT2D eigenvalue weighted by Crippen LogP contribution is -2.12. The average Bonchev–Trinajstić information content (AvgIpc) is 3.04. The molecule has 0 aliphatic heterocycles. The van der Waals surface area contributed by atoms with Gasteiger partial charge in [-0.3, -0.25) is 0 Å². The molecule has 3 rings (SSSR count). The molecule has 4 nitrogen and oxygen atoms in total. The molecule has 0 amide bonds. The number of ether oxygens (including phenoxy) is 1. The zero-order valence-corrected chi connectivity index (χ0v) is 14.9. The van der Waals surface area contributed by atoms with Gasteiger partial charge in [-0.05, 0) is 55.0 Å². The average molecular weight is 395 g/mol. The monoisotopic (exact) mass is 394 g/mol. The summed E-state index contributed by atoms with van der Waals surface area (Å²) < 4.78 is 44.7. The number of hydrogen-bond acceptors (Lipinski definition) is 3. The topological polar surface area (TPSA) is 44.1 Å². The number of rotatable bonds is 4. The summed E-state index contributed by atoms with van der Waals surface area (Å²) in [5.74, 6) is -0.611. The van der Waals surface area contributed by atoms with E-state index in [1.54, 1.807) is 30.3 Å². The Morgan fingerprint density at radius 3 is 2.30 bits per heavy atom. The third kappa shape index (κ3) is 4.31. The van der Waals surface area contributed by atoms with Gasteiger partial charge in [-0.1, -0.05) is 18.5 Å². The molecule has 0 N–H and O–H groups in total. The van der Waals surface area contributed by atoms with Crippen molar-refractivity contribution in [3.05, 3.63) is 76.4 Å². The number of nitrogens with zero attached hydrogens (tertiary/aromatic N) is 2. The predicted octanol–water partition coefficient (Wildman–Crippen LogP) is 5.33. The molecular formula is C19H14ClF3N2O2. The molecule has 0 aliphatic rings. The van der Waals surface area contributed by atoms with Crippen LogP contribution in [-0.4, -0.2) is 15.7 Å². The lowest BCUT2D eigenvalue weighted by Gasteiger charge is -2.09. The van der Waals surface area contributed by atoms with E-state index in [1.165, 1.54) is 4.68 Å². The zero-order valence-electron chi connectivity index (χ0n) is 14.1. The molecule has 1 aromatic heterocycles.